The van der Waals surface area contributed by atoms with E-state index < -0.39 is 68.4 Å². The molecule has 0 fully saturated rings. The lowest BCUT2D eigenvalue weighted by atomic mass is 9.84. The molecule has 0 bridgehead atoms. The van der Waals surface area contributed by atoms with Crippen molar-refractivity contribution < 1.29 is 59.1 Å². The first-order valence-electron chi connectivity index (χ1n) is 11.7. The van der Waals surface area contributed by atoms with Gasteiger partial charge in [-0.3, -0.25) is 9.51 Å². The number of phosphoric acid groups is 1. The maximum Gasteiger partial charge on any atom is 0.471 e. The minimum Gasteiger partial charge on any atom is -0.484 e. The normalized spacial score (nSPS) is 14.0. The molecule has 0 saturated heterocycles. The molecular weight excluding hydrogens is 618 g/mol. The van der Waals surface area contributed by atoms with Gasteiger partial charge in [0.15, 0.2) is 19.0 Å². The highest BCUT2D eigenvalue weighted by molar-refractivity contribution is 7.46. The molecule has 0 aliphatic rings. The maximum atomic E-state index is 16.5. The molecule has 0 radical (unpaired) electrons. The summed E-state index contributed by atoms with van der Waals surface area (Å²) in [6.45, 7) is -4.08. The molecule has 2 heterocycles. The predicted molar refractivity (Wildman–Crippen MR) is 130 cm³/mol. The number of rotatable bonds is 12. The average Bonchev–Trinajstić information content (AvgIpc) is 3.44. The topological polar surface area (TPSA) is 142 Å². The van der Waals surface area contributed by atoms with Gasteiger partial charge in [0.05, 0.1) is 6.54 Å². The zero-order chi connectivity index (χ0) is 31.5. The molecule has 19 heteroatoms. The second-order valence-electron chi connectivity index (χ2n) is 8.78. The zero-order valence-corrected chi connectivity index (χ0v) is 22.2. The smallest absolute Gasteiger partial charge is 0.471 e. The van der Waals surface area contributed by atoms with Crippen LogP contribution >= 0.6 is 7.82 Å². The van der Waals surface area contributed by atoms with Crippen LogP contribution in [0.3, 0.4) is 0 Å². The second kappa shape index (κ2) is 12.3. The van der Waals surface area contributed by atoms with Crippen molar-refractivity contribution in [1.29, 1.82) is 0 Å². The average molecular weight is 637 g/mol. The van der Waals surface area contributed by atoms with Crippen LogP contribution in [0.1, 0.15) is 11.3 Å². The first kappa shape index (κ1) is 32.0. The standard InChI is InChI=1S/C24H19F7N5O6P/c25-17-4-7-19(20(26)9-17)22(11-36-13-33-34-35-36,41-14-42-43(37,38)39)24(30,31)21-8-3-16(10-32-21)15-1-5-18(6-2-15)40-12-23(27,28)29/h1-10,13H,11-12,14H2,(H2,37,38,39)/t22-/m0/s1. The van der Waals surface area contributed by atoms with Gasteiger partial charge in [0.25, 0.3) is 0 Å². The van der Waals surface area contributed by atoms with Crippen LogP contribution in [0.2, 0.25) is 0 Å². The Morgan fingerprint density at radius 2 is 1.63 bits per heavy atom. The van der Waals surface area contributed by atoms with E-state index >= 15 is 13.2 Å². The molecule has 0 spiro atoms. The van der Waals surface area contributed by atoms with E-state index in [0.29, 0.717) is 28.4 Å². The Kier molecular flexibility index (Phi) is 9.17. The molecule has 0 saturated carbocycles. The van der Waals surface area contributed by atoms with Crippen LogP contribution < -0.4 is 4.74 Å². The van der Waals surface area contributed by atoms with Crippen LogP contribution in [0, 0.1) is 11.6 Å². The number of phosphoric ester groups is 1. The van der Waals surface area contributed by atoms with E-state index in [9.17, 15) is 22.1 Å². The molecule has 1 atom stereocenters. The Labute approximate surface area is 237 Å². The van der Waals surface area contributed by atoms with E-state index in [4.69, 9.17) is 14.5 Å². The molecule has 11 nitrogen and oxygen atoms in total. The van der Waals surface area contributed by atoms with Crippen molar-refractivity contribution in [3.63, 3.8) is 0 Å². The fourth-order valence-electron chi connectivity index (χ4n) is 3.93. The quantitative estimate of drug-likeness (QED) is 0.127. The minimum absolute atomic E-state index is 0.0967. The van der Waals surface area contributed by atoms with Crippen LogP contribution in [-0.2, 0) is 31.9 Å². The van der Waals surface area contributed by atoms with Gasteiger partial charge in [-0.15, -0.1) is 5.10 Å². The SMILES string of the molecule is O=P(O)(O)OCO[C@@](Cn1cnnn1)(c1ccc(F)cc1F)C(F)(F)c1ccc(-c2ccc(OCC(F)(F)F)cc2)cn1. The fourth-order valence-corrected chi connectivity index (χ4v) is 4.12. The van der Waals surface area contributed by atoms with E-state index in [0.717, 1.165) is 18.6 Å². The highest BCUT2D eigenvalue weighted by atomic mass is 31.2. The van der Waals surface area contributed by atoms with Gasteiger partial charge < -0.3 is 19.3 Å². The number of alkyl halides is 5. The number of ether oxygens (including phenoxy) is 2. The number of halogens is 7. The number of benzene rings is 2. The van der Waals surface area contributed by atoms with E-state index in [1.165, 1.54) is 30.3 Å². The molecule has 2 aromatic heterocycles. The molecule has 230 valence electrons. The molecule has 0 amide bonds. The second-order valence-corrected chi connectivity index (χ2v) is 10.0. The van der Waals surface area contributed by atoms with Gasteiger partial charge in [0, 0.05) is 23.4 Å². The first-order chi connectivity index (χ1) is 20.1. The van der Waals surface area contributed by atoms with Crippen molar-refractivity contribution in [2.24, 2.45) is 0 Å². The zero-order valence-electron chi connectivity index (χ0n) is 21.3. The highest BCUT2D eigenvalue weighted by Gasteiger charge is 2.60. The molecule has 2 N–H and O–H groups in total. The Morgan fingerprint density at radius 3 is 2.19 bits per heavy atom. The van der Waals surface area contributed by atoms with Gasteiger partial charge in [-0.2, -0.15) is 22.0 Å². The van der Waals surface area contributed by atoms with Crippen LogP contribution in [-0.4, -0.2) is 54.6 Å². The van der Waals surface area contributed by atoms with Crippen molar-refractivity contribution in [2.75, 3.05) is 13.4 Å². The van der Waals surface area contributed by atoms with Gasteiger partial charge >= 0.3 is 19.9 Å². The van der Waals surface area contributed by atoms with Gasteiger partial charge in [0.1, 0.15) is 29.4 Å². The van der Waals surface area contributed by atoms with Crippen molar-refractivity contribution in [2.45, 2.75) is 24.2 Å². The van der Waals surface area contributed by atoms with Crippen LogP contribution in [0.15, 0.2) is 67.1 Å². The summed E-state index contributed by atoms with van der Waals surface area (Å²) < 4.78 is 125. The summed E-state index contributed by atoms with van der Waals surface area (Å²) in [5.74, 6) is -7.08. The van der Waals surface area contributed by atoms with Crippen molar-refractivity contribution in [1.82, 2.24) is 25.2 Å². The lowest BCUT2D eigenvalue weighted by molar-refractivity contribution is -0.257. The van der Waals surface area contributed by atoms with Crippen LogP contribution in [0.5, 0.6) is 5.75 Å². The fraction of sp³-hybridized carbons (Fsp3) is 0.250. The number of aromatic nitrogens is 5. The number of pyridine rings is 1. The molecule has 4 rings (SSSR count). The third-order valence-electron chi connectivity index (χ3n) is 5.85. The minimum atomic E-state index is -5.27. The lowest BCUT2D eigenvalue weighted by Gasteiger charge is -2.39. The Bertz CT molecular complexity index is 1570. The third-order valence-corrected chi connectivity index (χ3v) is 6.29. The van der Waals surface area contributed by atoms with Crippen molar-refractivity contribution >= 4 is 7.82 Å². The number of tetrazole rings is 1. The maximum absolute atomic E-state index is 16.5. The summed E-state index contributed by atoms with van der Waals surface area (Å²) in [6, 6.07) is 8.80. The van der Waals surface area contributed by atoms with Gasteiger partial charge in [-0.25, -0.2) is 18.0 Å². The molecule has 2 aromatic carbocycles. The first-order valence-corrected chi connectivity index (χ1v) is 13.3. The Balaban J connectivity index is 1.74. The van der Waals surface area contributed by atoms with E-state index in [2.05, 4.69) is 29.8 Å². The Morgan fingerprint density at radius 1 is 0.930 bits per heavy atom. The number of hydrogen-bond donors (Lipinski definition) is 2. The predicted octanol–water partition coefficient (Wildman–Crippen LogP) is 4.73. The van der Waals surface area contributed by atoms with Gasteiger partial charge in [-0.1, -0.05) is 18.2 Å². The third kappa shape index (κ3) is 7.71. The summed E-state index contributed by atoms with van der Waals surface area (Å²) >= 11 is 0. The van der Waals surface area contributed by atoms with Crippen LogP contribution in [0.25, 0.3) is 11.1 Å². The van der Waals surface area contributed by atoms with Crippen molar-refractivity contribution in [3.05, 3.63) is 90.0 Å². The molecule has 43 heavy (non-hydrogen) atoms. The monoisotopic (exact) mass is 637 g/mol. The molecule has 0 unspecified atom stereocenters. The summed E-state index contributed by atoms with van der Waals surface area (Å²) in [6.07, 6.45) is -2.69. The summed E-state index contributed by atoms with van der Waals surface area (Å²) in [7, 11) is -5.27. The highest BCUT2D eigenvalue weighted by Crippen LogP contribution is 2.50. The number of hydrogen-bond acceptors (Lipinski definition) is 8. The van der Waals surface area contributed by atoms with Crippen LogP contribution in [0.4, 0.5) is 30.7 Å². The molecule has 4 aromatic rings. The molecule has 0 aliphatic heterocycles. The molecule has 0 aliphatic carbocycles. The van der Waals surface area contributed by atoms with E-state index in [1.54, 1.807) is 0 Å². The van der Waals surface area contributed by atoms with Crippen molar-refractivity contribution in [3.8, 4) is 16.9 Å². The largest absolute Gasteiger partial charge is 0.484 e. The molecular formula is C24H19F7N5O6P. The summed E-state index contributed by atoms with van der Waals surface area (Å²) in [5.41, 5.74) is -4.62. The summed E-state index contributed by atoms with van der Waals surface area (Å²) in [5, 5.41) is 10.1. The summed E-state index contributed by atoms with van der Waals surface area (Å²) in [4.78, 5) is 21.9. The number of nitrogens with zero attached hydrogens (tertiary/aromatic N) is 5. The lowest BCUT2D eigenvalue weighted by Crippen LogP contribution is -2.50. The van der Waals surface area contributed by atoms with Gasteiger partial charge in [0.2, 0.25) is 0 Å². The van der Waals surface area contributed by atoms with E-state index in [-0.39, 0.29) is 11.3 Å². The Hall–Kier alpha value is -3.96. The van der Waals surface area contributed by atoms with E-state index in [1.807, 2.05) is 0 Å². The van der Waals surface area contributed by atoms with Gasteiger partial charge in [-0.05, 0) is 46.3 Å².